The molecule has 0 aliphatic carbocycles. The molecule has 2 rings (SSSR count). The zero-order valence-electron chi connectivity index (χ0n) is 15.9. The van der Waals surface area contributed by atoms with Crippen molar-refractivity contribution in [2.75, 3.05) is 17.7 Å². The van der Waals surface area contributed by atoms with E-state index in [1.54, 1.807) is 6.92 Å². The molecule has 8 nitrogen and oxygen atoms in total. The number of hydrogen-bond acceptors (Lipinski definition) is 6. The lowest BCUT2D eigenvalue weighted by molar-refractivity contribution is -0.144. The number of aromatic nitrogens is 2. The van der Waals surface area contributed by atoms with E-state index in [4.69, 9.17) is 11.6 Å². The molecule has 1 aromatic carbocycles. The number of halogens is 5. The molecule has 0 radical (unpaired) electrons. The lowest BCUT2D eigenvalue weighted by Gasteiger charge is -2.15. The Labute approximate surface area is 180 Å². The van der Waals surface area contributed by atoms with Crippen molar-refractivity contribution in [1.29, 1.82) is 0 Å². The second-order valence-electron chi connectivity index (χ2n) is 5.83. The molecule has 0 atom stereocenters. The van der Waals surface area contributed by atoms with Gasteiger partial charge in [-0.2, -0.15) is 13.2 Å². The van der Waals surface area contributed by atoms with Crippen LogP contribution in [0.3, 0.4) is 0 Å². The predicted octanol–water partition coefficient (Wildman–Crippen LogP) is 3.18. The van der Waals surface area contributed by atoms with Gasteiger partial charge in [-0.1, -0.05) is 23.4 Å². The van der Waals surface area contributed by atoms with E-state index in [1.807, 2.05) is 0 Å². The number of hydrogen-bond donors (Lipinski definition) is 1. The Balaban J connectivity index is 2.46. The first-order chi connectivity index (χ1) is 14.4. The van der Waals surface area contributed by atoms with Crippen molar-refractivity contribution in [3.8, 4) is 5.69 Å². The first-order valence-corrected chi connectivity index (χ1v) is 9.72. The fraction of sp³-hybridized carbons (Fsp3) is 0.294. The van der Waals surface area contributed by atoms with Gasteiger partial charge >= 0.3 is 17.8 Å². The molecule has 1 amide bonds. The molecular formula is C17H14ClF4N3O5S. The van der Waals surface area contributed by atoms with Crippen LogP contribution in [0.15, 0.2) is 27.8 Å². The zero-order chi connectivity index (χ0) is 23.5. The monoisotopic (exact) mass is 483 g/mol. The molecule has 2 aromatic rings. The standard InChI is InChI=1S/C17H14ClF4N3O5S/c1-3-30-14(27)7-31-15(28)23-10-5-11(9(19)4-8(10)18)25-13(26)6-12(17(20,21)22)24(2)16(25)29/h4-6H,3,7H2,1-2H3,(H,23,28). The number of alkyl halides is 3. The molecule has 0 aliphatic heterocycles. The number of anilines is 1. The Morgan fingerprint density at radius 1 is 1.23 bits per heavy atom. The Kier molecular flexibility index (Phi) is 7.54. The van der Waals surface area contributed by atoms with E-state index >= 15 is 0 Å². The van der Waals surface area contributed by atoms with E-state index in [2.05, 4.69) is 10.1 Å². The smallest absolute Gasteiger partial charge is 0.431 e. The lowest BCUT2D eigenvalue weighted by Crippen LogP contribution is -2.41. The van der Waals surface area contributed by atoms with Gasteiger partial charge in [-0.25, -0.2) is 13.8 Å². The third-order valence-corrected chi connectivity index (χ3v) is 4.81. The summed E-state index contributed by atoms with van der Waals surface area (Å²) in [4.78, 5) is 47.8. The number of ether oxygens (including phenoxy) is 1. The van der Waals surface area contributed by atoms with Gasteiger partial charge in [0.05, 0.1) is 23.0 Å². The summed E-state index contributed by atoms with van der Waals surface area (Å²) in [6, 6.07) is 1.63. The van der Waals surface area contributed by atoms with Crippen LogP contribution in [-0.2, 0) is 22.8 Å². The van der Waals surface area contributed by atoms with Crippen LogP contribution in [0.1, 0.15) is 12.6 Å². The maximum absolute atomic E-state index is 14.4. The second kappa shape index (κ2) is 9.56. The lowest BCUT2D eigenvalue weighted by atomic mass is 10.2. The maximum atomic E-state index is 14.4. The van der Waals surface area contributed by atoms with Crippen molar-refractivity contribution in [2.45, 2.75) is 13.1 Å². The highest BCUT2D eigenvalue weighted by atomic mass is 35.5. The van der Waals surface area contributed by atoms with Gasteiger partial charge in [0.2, 0.25) is 0 Å². The summed E-state index contributed by atoms with van der Waals surface area (Å²) in [5.74, 6) is -2.18. The minimum absolute atomic E-state index is 0.116. The molecule has 1 aromatic heterocycles. The number of thioether (sulfide) groups is 1. The fourth-order valence-electron chi connectivity index (χ4n) is 2.40. The van der Waals surface area contributed by atoms with Gasteiger partial charge < -0.3 is 10.1 Å². The summed E-state index contributed by atoms with van der Waals surface area (Å²) < 4.78 is 58.3. The number of nitrogens with one attached hydrogen (secondary N) is 1. The highest BCUT2D eigenvalue weighted by Gasteiger charge is 2.35. The van der Waals surface area contributed by atoms with Crippen molar-refractivity contribution in [1.82, 2.24) is 9.13 Å². The highest BCUT2D eigenvalue weighted by molar-refractivity contribution is 8.14. The Hall–Kier alpha value is -2.80. The van der Waals surface area contributed by atoms with Crippen LogP contribution in [-0.4, -0.2) is 32.7 Å². The van der Waals surface area contributed by atoms with E-state index in [-0.39, 0.29) is 38.3 Å². The number of benzene rings is 1. The maximum Gasteiger partial charge on any atom is 0.431 e. The number of esters is 1. The summed E-state index contributed by atoms with van der Waals surface area (Å²) in [6.07, 6.45) is -4.99. The first kappa shape index (κ1) is 24.5. The average Bonchev–Trinajstić information content (AvgIpc) is 2.66. The molecule has 1 N–H and O–H groups in total. The van der Waals surface area contributed by atoms with E-state index in [0.29, 0.717) is 17.8 Å². The van der Waals surface area contributed by atoms with Gasteiger partial charge in [-0.15, -0.1) is 0 Å². The molecule has 0 bridgehead atoms. The molecule has 0 spiro atoms. The summed E-state index contributed by atoms with van der Waals surface area (Å²) in [5.41, 5.74) is -5.39. The Morgan fingerprint density at radius 2 is 1.87 bits per heavy atom. The fourth-order valence-corrected chi connectivity index (χ4v) is 3.11. The number of carbonyl (C=O) groups excluding carboxylic acids is 2. The van der Waals surface area contributed by atoms with Crippen LogP contribution in [0.2, 0.25) is 5.02 Å². The summed E-state index contributed by atoms with van der Waals surface area (Å²) >= 11 is 6.38. The van der Waals surface area contributed by atoms with E-state index in [0.717, 1.165) is 13.1 Å². The first-order valence-electron chi connectivity index (χ1n) is 8.35. The van der Waals surface area contributed by atoms with Crippen LogP contribution >= 0.6 is 23.4 Å². The van der Waals surface area contributed by atoms with Gasteiger partial charge in [0, 0.05) is 13.1 Å². The number of nitrogens with zero attached hydrogens (tertiary/aromatic N) is 2. The zero-order valence-corrected chi connectivity index (χ0v) is 17.5. The summed E-state index contributed by atoms with van der Waals surface area (Å²) in [6.45, 7) is 1.70. The van der Waals surface area contributed by atoms with Gasteiger partial charge in [-0.3, -0.25) is 19.0 Å². The summed E-state index contributed by atoms with van der Waals surface area (Å²) in [5, 5.41) is 1.14. The number of carbonyl (C=O) groups is 2. The van der Waals surface area contributed by atoms with Gasteiger partial charge in [0.15, 0.2) is 0 Å². The molecule has 0 saturated carbocycles. The average molecular weight is 484 g/mol. The molecule has 0 aliphatic rings. The Morgan fingerprint density at radius 3 is 2.45 bits per heavy atom. The van der Waals surface area contributed by atoms with Crippen LogP contribution in [0.25, 0.3) is 5.69 Å². The molecular weight excluding hydrogens is 470 g/mol. The van der Waals surface area contributed by atoms with Crippen molar-refractivity contribution in [2.24, 2.45) is 7.05 Å². The summed E-state index contributed by atoms with van der Waals surface area (Å²) in [7, 11) is 0.767. The van der Waals surface area contributed by atoms with E-state index in [9.17, 15) is 36.7 Å². The molecule has 31 heavy (non-hydrogen) atoms. The van der Waals surface area contributed by atoms with Crippen molar-refractivity contribution in [3.05, 3.63) is 55.6 Å². The topological polar surface area (TPSA) is 99.4 Å². The molecule has 0 saturated heterocycles. The third-order valence-electron chi connectivity index (χ3n) is 3.75. The van der Waals surface area contributed by atoms with Gasteiger partial charge in [-0.05, 0) is 19.1 Å². The molecule has 0 fully saturated rings. The van der Waals surface area contributed by atoms with E-state index < -0.39 is 45.8 Å². The third kappa shape index (κ3) is 5.67. The SMILES string of the molecule is CCOC(=O)CSC(=O)Nc1cc(-n2c(=O)cc(C(F)(F)F)n(C)c2=O)c(F)cc1Cl. The molecule has 168 valence electrons. The van der Waals surface area contributed by atoms with Crippen LogP contribution in [0.5, 0.6) is 0 Å². The predicted molar refractivity (Wildman–Crippen MR) is 105 cm³/mol. The Bertz CT molecular complexity index is 1150. The van der Waals surface area contributed by atoms with Crippen LogP contribution in [0.4, 0.5) is 28.0 Å². The quantitative estimate of drug-likeness (QED) is 0.518. The van der Waals surface area contributed by atoms with Crippen molar-refractivity contribution in [3.63, 3.8) is 0 Å². The van der Waals surface area contributed by atoms with Crippen molar-refractivity contribution < 1.29 is 31.9 Å². The van der Waals surface area contributed by atoms with Crippen LogP contribution in [0, 0.1) is 5.82 Å². The molecule has 0 unspecified atom stereocenters. The normalized spacial score (nSPS) is 11.3. The van der Waals surface area contributed by atoms with Crippen molar-refractivity contribution >= 4 is 40.3 Å². The second-order valence-corrected chi connectivity index (χ2v) is 7.19. The van der Waals surface area contributed by atoms with E-state index in [1.165, 1.54) is 0 Å². The number of amides is 1. The number of rotatable bonds is 5. The molecule has 1 heterocycles. The highest BCUT2D eigenvalue weighted by Crippen LogP contribution is 2.29. The largest absolute Gasteiger partial charge is 0.465 e. The molecule has 14 heteroatoms. The van der Waals surface area contributed by atoms with Gasteiger partial charge in [0.1, 0.15) is 17.3 Å². The van der Waals surface area contributed by atoms with Crippen LogP contribution < -0.4 is 16.6 Å². The van der Waals surface area contributed by atoms with Gasteiger partial charge in [0.25, 0.3) is 10.8 Å². The minimum Gasteiger partial charge on any atom is -0.465 e. The minimum atomic E-state index is -4.99.